The summed E-state index contributed by atoms with van der Waals surface area (Å²) >= 11 is 1.35. The Balaban J connectivity index is 0.00000200. The number of aryl methyl sites for hydroxylation is 1. The van der Waals surface area contributed by atoms with E-state index in [2.05, 4.69) is 5.32 Å². The fourth-order valence-electron chi connectivity index (χ4n) is 1.64. The maximum Gasteiger partial charge on any atom is 0.158 e. The van der Waals surface area contributed by atoms with Crippen LogP contribution in [-0.4, -0.2) is 11.4 Å². The van der Waals surface area contributed by atoms with E-state index < -0.39 is 0 Å². The van der Waals surface area contributed by atoms with Crippen LogP contribution >= 0.6 is 35.7 Å². The van der Waals surface area contributed by atoms with Crippen LogP contribution < -0.4 is 10.1 Å². The number of nitrogens with one attached hydrogen (secondary N) is 2. The van der Waals surface area contributed by atoms with Gasteiger partial charge in [0.2, 0.25) is 0 Å². The Kier molecular flexibility index (Phi) is 6.87. The SMILES string of the molecule is CSC(=N)Nc1ccccc1Oc1cccc(C)c1.I. The van der Waals surface area contributed by atoms with E-state index in [1.807, 2.05) is 61.7 Å². The predicted molar refractivity (Wildman–Crippen MR) is 98.0 cm³/mol. The van der Waals surface area contributed by atoms with Gasteiger partial charge >= 0.3 is 0 Å². The Morgan fingerprint density at radius 3 is 2.60 bits per heavy atom. The number of hydrogen-bond acceptors (Lipinski definition) is 3. The van der Waals surface area contributed by atoms with Gasteiger partial charge in [-0.05, 0) is 43.0 Å². The van der Waals surface area contributed by atoms with E-state index in [-0.39, 0.29) is 24.0 Å². The van der Waals surface area contributed by atoms with Crippen LogP contribution in [0.3, 0.4) is 0 Å². The smallest absolute Gasteiger partial charge is 0.158 e. The van der Waals surface area contributed by atoms with E-state index in [9.17, 15) is 0 Å². The zero-order valence-corrected chi connectivity index (χ0v) is 14.5. The lowest BCUT2D eigenvalue weighted by atomic mass is 10.2. The molecule has 0 spiro atoms. The molecule has 0 bridgehead atoms. The van der Waals surface area contributed by atoms with Gasteiger partial charge in [-0.1, -0.05) is 36.0 Å². The molecule has 0 aliphatic rings. The maximum atomic E-state index is 7.68. The minimum atomic E-state index is 0. The first kappa shape index (κ1) is 16.8. The molecule has 5 heteroatoms. The fourth-order valence-corrected chi connectivity index (χ4v) is 1.85. The van der Waals surface area contributed by atoms with Crippen molar-refractivity contribution in [3.8, 4) is 11.5 Å². The molecular formula is C15H17IN2OS. The molecule has 2 rings (SSSR count). The van der Waals surface area contributed by atoms with Crippen LogP contribution in [0.1, 0.15) is 5.56 Å². The second-order valence-electron chi connectivity index (χ2n) is 4.07. The van der Waals surface area contributed by atoms with Crippen molar-refractivity contribution >= 4 is 46.6 Å². The van der Waals surface area contributed by atoms with E-state index in [4.69, 9.17) is 10.1 Å². The average molecular weight is 400 g/mol. The van der Waals surface area contributed by atoms with Gasteiger partial charge in [0.15, 0.2) is 10.9 Å². The van der Waals surface area contributed by atoms with Crippen molar-refractivity contribution in [2.24, 2.45) is 0 Å². The fraction of sp³-hybridized carbons (Fsp3) is 0.133. The lowest BCUT2D eigenvalue weighted by Gasteiger charge is -2.12. The van der Waals surface area contributed by atoms with Crippen LogP contribution in [0.15, 0.2) is 48.5 Å². The largest absolute Gasteiger partial charge is 0.455 e. The van der Waals surface area contributed by atoms with Crippen molar-refractivity contribution in [2.75, 3.05) is 11.6 Å². The highest BCUT2D eigenvalue weighted by Crippen LogP contribution is 2.30. The lowest BCUT2D eigenvalue weighted by Crippen LogP contribution is -2.06. The summed E-state index contributed by atoms with van der Waals surface area (Å²) in [4.78, 5) is 0. The van der Waals surface area contributed by atoms with Crippen LogP contribution in [-0.2, 0) is 0 Å². The van der Waals surface area contributed by atoms with Crippen molar-refractivity contribution in [2.45, 2.75) is 6.92 Å². The number of anilines is 1. The van der Waals surface area contributed by atoms with Gasteiger partial charge in [0, 0.05) is 0 Å². The number of ether oxygens (including phenoxy) is 1. The zero-order chi connectivity index (χ0) is 13.7. The number of hydrogen-bond donors (Lipinski definition) is 2. The standard InChI is InChI=1S/C15H16N2OS.HI/c1-11-6-5-7-12(10-11)18-14-9-4-3-8-13(14)17-15(16)19-2;/h3-10H,1-2H3,(H2,16,17);1H. The van der Waals surface area contributed by atoms with Crippen molar-refractivity contribution in [1.82, 2.24) is 0 Å². The van der Waals surface area contributed by atoms with Crippen molar-refractivity contribution in [3.05, 3.63) is 54.1 Å². The minimum absolute atomic E-state index is 0. The van der Waals surface area contributed by atoms with Crippen molar-refractivity contribution in [3.63, 3.8) is 0 Å². The first-order valence-electron chi connectivity index (χ1n) is 5.92. The first-order chi connectivity index (χ1) is 9.19. The molecule has 0 atom stereocenters. The molecule has 0 aromatic heterocycles. The highest BCUT2D eigenvalue weighted by Gasteiger charge is 2.05. The molecule has 0 saturated carbocycles. The highest BCUT2D eigenvalue weighted by molar-refractivity contribution is 14.0. The molecule has 0 fully saturated rings. The molecule has 0 radical (unpaired) electrons. The number of amidine groups is 1. The molecule has 2 aromatic carbocycles. The van der Waals surface area contributed by atoms with Gasteiger partial charge in [-0.2, -0.15) is 0 Å². The molecule has 106 valence electrons. The summed E-state index contributed by atoms with van der Waals surface area (Å²) < 4.78 is 5.87. The third-order valence-electron chi connectivity index (χ3n) is 2.56. The zero-order valence-electron chi connectivity index (χ0n) is 11.3. The summed E-state index contributed by atoms with van der Waals surface area (Å²) in [6, 6.07) is 15.5. The molecule has 0 heterocycles. The Morgan fingerprint density at radius 2 is 1.90 bits per heavy atom. The second kappa shape index (κ2) is 8.16. The van der Waals surface area contributed by atoms with E-state index in [0.29, 0.717) is 10.9 Å². The van der Waals surface area contributed by atoms with Crippen LogP contribution in [0.25, 0.3) is 0 Å². The van der Waals surface area contributed by atoms with Gasteiger partial charge in [0.05, 0.1) is 5.69 Å². The Bertz CT molecular complexity index is 590. The Hall–Kier alpha value is -1.21. The number of benzene rings is 2. The highest BCUT2D eigenvalue weighted by atomic mass is 127. The molecule has 3 nitrogen and oxygen atoms in total. The van der Waals surface area contributed by atoms with E-state index in [1.165, 1.54) is 11.8 Å². The number of rotatable bonds is 3. The summed E-state index contributed by atoms with van der Waals surface area (Å²) in [7, 11) is 0. The molecule has 2 N–H and O–H groups in total. The molecule has 0 aliphatic heterocycles. The quantitative estimate of drug-likeness (QED) is 0.427. The first-order valence-corrected chi connectivity index (χ1v) is 7.14. The number of thioether (sulfide) groups is 1. The summed E-state index contributed by atoms with van der Waals surface area (Å²) in [5.41, 5.74) is 1.95. The monoisotopic (exact) mass is 400 g/mol. The summed E-state index contributed by atoms with van der Waals surface area (Å²) in [6.45, 7) is 2.03. The van der Waals surface area contributed by atoms with E-state index >= 15 is 0 Å². The third kappa shape index (κ3) is 4.72. The predicted octanol–water partition coefficient (Wildman–Crippen LogP) is 5.11. The van der Waals surface area contributed by atoms with Gasteiger partial charge in [-0.3, -0.25) is 5.41 Å². The molecular weight excluding hydrogens is 383 g/mol. The van der Waals surface area contributed by atoms with Gasteiger partial charge in [0.1, 0.15) is 5.75 Å². The molecule has 20 heavy (non-hydrogen) atoms. The van der Waals surface area contributed by atoms with Crippen molar-refractivity contribution < 1.29 is 4.74 Å². The molecule has 0 unspecified atom stereocenters. The van der Waals surface area contributed by atoms with Crippen molar-refractivity contribution in [1.29, 1.82) is 5.41 Å². The van der Waals surface area contributed by atoms with Gasteiger partial charge in [-0.15, -0.1) is 24.0 Å². The topological polar surface area (TPSA) is 45.1 Å². The molecule has 0 aliphatic carbocycles. The minimum Gasteiger partial charge on any atom is -0.455 e. The van der Waals surface area contributed by atoms with E-state index in [0.717, 1.165) is 17.0 Å². The molecule has 2 aromatic rings. The van der Waals surface area contributed by atoms with Crippen LogP contribution in [0.2, 0.25) is 0 Å². The van der Waals surface area contributed by atoms with Crippen LogP contribution in [0.5, 0.6) is 11.5 Å². The normalized spacial score (nSPS) is 9.50. The maximum absolute atomic E-state index is 7.68. The average Bonchev–Trinajstić information content (AvgIpc) is 2.41. The summed E-state index contributed by atoms with van der Waals surface area (Å²) in [5, 5.41) is 11.1. The van der Waals surface area contributed by atoms with Crippen LogP contribution in [0, 0.1) is 12.3 Å². The third-order valence-corrected chi connectivity index (χ3v) is 3.07. The lowest BCUT2D eigenvalue weighted by molar-refractivity contribution is 0.484. The Labute approximate surface area is 140 Å². The number of halogens is 1. The Morgan fingerprint density at radius 1 is 1.15 bits per heavy atom. The van der Waals surface area contributed by atoms with Gasteiger partial charge < -0.3 is 10.1 Å². The van der Waals surface area contributed by atoms with Gasteiger partial charge in [0.25, 0.3) is 0 Å². The summed E-state index contributed by atoms with van der Waals surface area (Å²) in [6.07, 6.45) is 1.86. The van der Waals surface area contributed by atoms with Gasteiger partial charge in [-0.25, -0.2) is 0 Å². The van der Waals surface area contributed by atoms with E-state index in [1.54, 1.807) is 0 Å². The van der Waals surface area contributed by atoms with Crippen LogP contribution in [0.4, 0.5) is 5.69 Å². The molecule has 0 saturated heterocycles. The molecule has 0 amide bonds. The number of para-hydroxylation sites is 2. The second-order valence-corrected chi connectivity index (χ2v) is 4.89. The summed E-state index contributed by atoms with van der Waals surface area (Å²) in [5.74, 6) is 1.51.